The van der Waals surface area contributed by atoms with Crippen LogP contribution in [-0.2, 0) is 6.42 Å². The van der Waals surface area contributed by atoms with E-state index in [1.54, 1.807) is 13.1 Å². The number of anilines is 1. The van der Waals surface area contributed by atoms with Crippen molar-refractivity contribution in [2.75, 3.05) is 12.4 Å². The van der Waals surface area contributed by atoms with Crippen LogP contribution in [0.4, 0.5) is 10.2 Å². The number of hydrogen-bond donors (Lipinski definition) is 1. The summed E-state index contributed by atoms with van der Waals surface area (Å²) in [6, 6.07) is 4.26. The molecular weight excluding hydrogens is 269 g/mol. The van der Waals surface area contributed by atoms with Crippen LogP contribution in [0.15, 0.2) is 24.5 Å². The molecule has 1 heterocycles. The highest BCUT2D eigenvalue weighted by Crippen LogP contribution is 2.29. The molecule has 0 atom stereocenters. The Morgan fingerprint density at radius 2 is 2.16 bits per heavy atom. The van der Waals surface area contributed by atoms with Crippen LogP contribution < -0.4 is 10.1 Å². The number of ether oxygens (including phenoxy) is 1. The third-order valence-corrected chi connectivity index (χ3v) is 2.91. The molecule has 0 aliphatic heterocycles. The van der Waals surface area contributed by atoms with E-state index in [-0.39, 0.29) is 5.02 Å². The molecule has 1 aromatic heterocycles. The van der Waals surface area contributed by atoms with Crippen molar-refractivity contribution in [1.82, 2.24) is 9.97 Å². The van der Waals surface area contributed by atoms with Crippen molar-refractivity contribution in [3.63, 3.8) is 0 Å². The number of hydrogen-bond acceptors (Lipinski definition) is 4. The Morgan fingerprint density at radius 1 is 1.37 bits per heavy atom. The molecule has 1 N–H and O–H groups in total. The average molecular weight is 282 g/mol. The van der Waals surface area contributed by atoms with Crippen LogP contribution >= 0.6 is 11.6 Å². The van der Waals surface area contributed by atoms with Gasteiger partial charge in [-0.25, -0.2) is 14.4 Å². The quantitative estimate of drug-likeness (QED) is 0.929. The molecule has 100 valence electrons. The Kier molecular flexibility index (Phi) is 4.16. The van der Waals surface area contributed by atoms with E-state index in [1.807, 2.05) is 6.92 Å². The second kappa shape index (κ2) is 5.84. The van der Waals surface area contributed by atoms with Crippen molar-refractivity contribution in [1.29, 1.82) is 0 Å². The van der Waals surface area contributed by atoms with Gasteiger partial charge in [0.05, 0.1) is 10.6 Å². The lowest BCUT2D eigenvalue weighted by Gasteiger charge is -2.11. The first-order valence-electron chi connectivity index (χ1n) is 5.80. The lowest BCUT2D eigenvalue weighted by atomic mass is 10.2. The van der Waals surface area contributed by atoms with E-state index in [0.717, 1.165) is 5.56 Å². The second-order valence-electron chi connectivity index (χ2n) is 3.79. The van der Waals surface area contributed by atoms with Crippen molar-refractivity contribution in [3.8, 4) is 11.6 Å². The van der Waals surface area contributed by atoms with Crippen LogP contribution in [-0.4, -0.2) is 17.0 Å². The van der Waals surface area contributed by atoms with Crippen molar-refractivity contribution in [3.05, 3.63) is 40.9 Å². The van der Waals surface area contributed by atoms with Gasteiger partial charge in [-0.05, 0) is 18.6 Å². The van der Waals surface area contributed by atoms with Crippen molar-refractivity contribution < 1.29 is 9.13 Å². The number of halogens is 2. The average Bonchev–Trinajstić information content (AvgIpc) is 2.42. The SMILES string of the molecule is CCc1c(NC)ncnc1Oc1ccc(Cl)c(F)c1. The molecule has 2 rings (SSSR count). The van der Waals surface area contributed by atoms with Crippen LogP contribution in [0.1, 0.15) is 12.5 Å². The van der Waals surface area contributed by atoms with Gasteiger partial charge in [-0.2, -0.15) is 0 Å². The summed E-state index contributed by atoms with van der Waals surface area (Å²) in [6.07, 6.45) is 2.09. The van der Waals surface area contributed by atoms with Gasteiger partial charge in [0.1, 0.15) is 23.7 Å². The molecule has 0 saturated carbocycles. The summed E-state index contributed by atoms with van der Waals surface area (Å²) >= 11 is 5.62. The van der Waals surface area contributed by atoms with Gasteiger partial charge in [0, 0.05) is 13.1 Å². The molecule has 19 heavy (non-hydrogen) atoms. The summed E-state index contributed by atoms with van der Waals surface area (Å²) in [5, 5.41) is 3.02. The Hall–Kier alpha value is -1.88. The number of rotatable bonds is 4. The third kappa shape index (κ3) is 2.93. The first-order chi connectivity index (χ1) is 9.15. The molecule has 0 aliphatic rings. The van der Waals surface area contributed by atoms with Gasteiger partial charge in [-0.3, -0.25) is 0 Å². The minimum Gasteiger partial charge on any atom is -0.438 e. The molecule has 0 unspecified atom stereocenters. The molecule has 2 aromatic rings. The molecule has 0 bridgehead atoms. The van der Waals surface area contributed by atoms with Gasteiger partial charge in [0.25, 0.3) is 0 Å². The molecule has 0 saturated heterocycles. The van der Waals surface area contributed by atoms with Crippen LogP contribution in [0.3, 0.4) is 0 Å². The minimum atomic E-state index is -0.528. The maximum Gasteiger partial charge on any atom is 0.227 e. The van der Waals surface area contributed by atoms with Gasteiger partial charge < -0.3 is 10.1 Å². The van der Waals surface area contributed by atoms with Gasteiger partial charge in [-0.1, -0.05) is 18.5 Å². The van der Waals surface area contributed by atoms with Gasteiger partial charge in [0.2, 0.25) is 5.88 Å². The summed E-state index contributed by atoms with van der Waals surface area (Å²) in [5.74, 6) is 0.919. The highest BCUT2D eigenvalue weighted by atomic mass is 35.5. The van der Waals surface area contributed by atoms with Crippen LogP contribution in [0.2, 0.25) is 5.02 Å². The monoisotopic (exact) mass is 281 g/mol. The third-order valence-electron chi connectivity index (χ3n) is 2.60. The fraction of sp³-hybridized carbons (Fsp3) is 0.231. The van der Waals surface area contributed by atoms with Crippen molar-refractivity contribution in [2.45, 2.75) is 13.3 Å². The van der Waals surface area contributed by atoms with Crippen molar-refractivity contribution >= 4 is 17.4 Å². The van der Waals surface area contributed by atoms with Crippen LogP contribution in [0, 0.1) is 5.82 Å². The zero-order chi connectivity index (χ0) is 13.8. The molecule has 6 heteroatoms. The molecular formula is C13H13ClFN3O. The van der Waals surface area contributed by atoms with E-state index in [2.05, 4.69) is 15.3 Å². The fourth-order valence-corrected chi connectivity index (χ4v) is 1.79. The Morgan fingerprint density at radius 3 is 2.79 bits per heavy atom. The largest absolute Gasteiger partial charge is 0.438 e. The second-order valence-corrected chi connectivity index (χ2v) is 4.19. The first kappa shape index (κ1) is 13.5. The minimum absolute atomic E-state index is 0.0571. The topological polar surface area (TPSA) is 47.0 Å². The summed E-state index contributed by atoms with van der Waals surface area (Å²) < 4.78 is 18.9. The molecule has 1 aromatic carbocycles. The van der Waals surface area contributed by atoms with E-state index in [1.165, 1.54) is 18.5 Å². The smallest absolute Gasteiger partial charge is 0.227 e. The normalized spacial score (nSPS) is 10.3. The number of benzene rings is 1. The zero-order valence-electron chi connectivity index (χ0n) is 10.6. The highest BCUT2D eigenvalue weighted by molar-refractivity contribution is 6.30. The van der Waals surface area contributed by atoms with E-state index >= 15 is 0 Å². The summed E-state index contributed by atoms with van der Waals surface area (Å²) in [7, 11) is 1.77. The van der Waals surface area contributed by atoms with Crippen LogP contribution in [0.5, 0.6) is 11.6 Å². The van der Waals surface area contributed by atoms with E-state index in [4.69, 9.17) is 16.3 Å². The Labute approximate surface area is 115 Å². The maximum atomic E-state index is 13.4. The fourth-order valence-electron chi connectivity index (χ4n) is 1.67. The summed E-state index contributed by atoms with van der Waals surface area (Å²) in [6.45, 7) is 1.97. The number of aromatic nitrogens is 2. The summed E-state index contributed by atoms with van der Waals surface area (Å²) in [4.78, 5) is 8.18. The summed E-state index contributed by atoms with van der Waals surface area (Å²) in [5.41, 5.74) is 0.834. The zero-order valence-corrected chi connectivity index (χ0v) is 11.3. The van der Waals surface area contributed by atoms with Crippen LogP contribution in [0.25, 0.3) is 0 Å². The molecule has 0 amide bonds. The van der Waals surface area contributed by atoms with E-state index < -0.39 is 5.82 Å². The predicted octanol–water partition coefficient (Wildman–Crippen LogP) is 3.67. The first-order valence-corrected chi connectivity index (χ1v) is 6.18. The van der Waals surface area contributed by atoms with Gasteiger partial charge in [0.15, 0.2) is 0 Å². The molecule has 0 aliphatic carbocycles. The Bertz CT molecular complexity index is 592. The Balaban J connectivity index is 2.35. The van der Waals surface area contributed by atoms with E-state index in [0.29, 0.717) is 23.9 Å². The lowest BCUT2D eigenvalue weighted by molar-refractivity contribution is 0.451. The van der Waals surface area contributed by atoms with Gasteiger partial charge >= 0.3 is 0 Å². The molecule has 0 fully saturated rings. The number of nitrogens with one attached hydrogen (secondary N) is 1. The van der Waals surface area contributed by atoms with Crippen molar-refractivity contribution in [2.24, 2.45) is 0 Å². The predicted molar refractivity (Wildman–Crippen MR) is 72.4 cm³/mol. The standard InChI is InChI=1S/C13H13ClFN3O/c1-3-9-12(16-2)17-7-18-13(9)19-8-4-5-10(14)11(15)6-8/h4-7H,3H2,1-2H3,(H,16,17,18). The highest BCUT2D eigenvalue weighted by Gasteiger charge is 2.11. The molecule has 0 radical (unpaired) electrons. The van der Waals surface area contributed by atoms with E-state index in [9.17, 15) is 4.39 Å². The van der Waals surface area contributed by atoms with Gasteiger partial charge in [-0.15, -0.1) is 0 Å². The maximum absolute atomic E-state index is 13.4. The molecule has 4 nitrogen and oxygen atoms in total. The molecule has 0 spiro atoms. The number of nitrogens with zero attached hydrogens (tertiary/aromatic N) is 2. The lowest BCUT2D eigenvalue weighted by Crippen LogP contribution is -2.02.